The molecule has 5 heteroatoms. The number of aliphatic carboxylic acids is 1. The van der Waals surface area contributed by atoms with Crippen molar-refractivity contribution >= 4 is 12.1 Å². The molecule has 0 spiro atoms. The molecule has 0 radical (unpaired) electrons. The molecule has 0 aromatic heterocycles. The third-order valence-electron chi connectivity index (χ3n) is 1.56. The van der Waals surface area contributed by atoms with Crippen LogP contribution in [-0.2, 0) is 9.53 Å². The van der Waals surface area contributed by atoms with Crippen LogP contribution in [-0.4, -0.2) is 28.3 Å². The summed E-state index contributed by atoms with van der Waals surface area (Å²) in [5.41, 5.74) is -1.94. The van der Waals surface area contributed by atoms with Gasteiger partial charge in [-0.05, 0) is 32.9 Å². The first-order valence-electron chi connectivity index (χ1n) is 4.20. The molecule has 1 aliphatic rings. The Hall–Kier alpha value is -1.52. The van der Waals surface area contributed by atoms with Crippen LogP contribution in [0.15, 0.2) is 12.2 Å². The number of carboxylic acids is 1. The van der Waals surface area contributed by atoms with Crippen molar-refractivity contribution in [2.24, 2.45) is 0 Å². The molecule has 78 valence electrons. The second-order valence-electron chi connectivity index (χ2n) is 4.13. The highest BCUT2D eigenvalue weighted by atomic mass is 16.6. The number of carboxylic acid groups (broad SMARTS) is 1. The van der Waals surface area contributed by atoms with Crippen LogP contribution in [0.4, 0.5) is 4.79 Å². The Morgan fingerprint density at radius 3 is 2.14 bits per heavy atom. The van der Waals surface area contributed by atoms with Gasteiger partial charge in [-0.2, -0.15) is 0 Å². The van der Waals surface area contributed by atoms with Crippen LogP contribution in [0.2, 0.25) is 0 Å². The first-order valence-corrected chi connectivity index (χ1v) is 4.20. The summed E-state index contributed by atoms with van der Waals surface area (Å²) in [5, 5.41) is 11.0. The van der Waals surface area contributed by atoms with Gasteiger partial charge in [-0.25, -0.2) is 9.59 Å². The molecule has 1 amide bonds. The fourth-order valence-electron chi connectivity index (χ4n) is 0.835. The molecule has 0 atom stereocenters. The van der Waals surface area contributed by atoms with Gasteiger partial charge >= 0.3 is 12.1 Å². The van der Waals surface area contributed by atoms with Gasteiger partial charge in [0.05, 0.1) is 0 Å². The molecule has 2 N–H and O–H groups in total. The summed E-state index contributed by atoms with van der Waals surface area (Å²) in [4.78, 5) is 21.8. The van der Waals surface area contributed by atoms with Crippen molar-refractivity contribution in [3.63, 3.8) is 0 Å². The van der Waals surface area contributed by atoms with Gasteiger partial charge in [0.15, 0.2) is 5.54 Å². The van der Waals surface area contributed by atoms with Crippen molar-refractivity contribution in [2.45, 2.75) is 31.9 Å². The maximum atomic E-state index is 11.2. The van der Waals surface area contributed by atoms with E-state index < -0.39 is 23.2 Å². The number of nitrogens with one attached hydrogen (secondary N) is 1. The summed E-state index contributed by atoms with van der Waals surface area (Å²) in [6.07, 6.45) is 2.04. The van der Waals surface area contributed by atoms with Crippen LogP contribution < -0.4 is 5.32 Å². The van der Waals surface area contributed by atoms with Gasteiger partial charge < -0.3 is 9.84 Å². The molecule has 14 heavy (non-hydrogen) atoms. The molecule has 0 unspecified atom stereocenters. The van der Waals surface area contributed by atoms with E-state index in [0.717, 1.165) is 0 Å². The zero-order valence-corrected chi connectivity index (χ0v) is 8.33. The molecule has 0 aromatic carbocycles. The summed E-state index contributed by atoms with van der Waals surface area (Å²) < 4.78 is 4.91. The molecule has 0 saturated heterocycles. The predicted molar refractivity (Wildman–Crippen MR) is 48.9 cm³/mol. The highest BCUT2D eigenvalue weighted by molar-refractivity contribution is 5.93. The molecule has 0 fully saturated rings. The first-order chi connectivity index (χ1) is 6.25. The maximum Gasteiger partial charge on any atom is 0.409 e. The number of carbonyl (C=O) groups is 2. The largest absolute Gasteiger partial charge is 0.479 e. The number of ether oxygens (including phenoxy) is 1. The molecule has 0 aliphatic heterocycles. The van der Waals surface area contributed by atoms with Crippen molar-refractivity contribution in [1.82, 2.24) is 5.32 Å². The number of rotatable bonds is 2. The molecular formula is C9H13NO4. The van der Waals surface area contributed by atoms with E-state index in [1.54, 1.807) is 20.8 Å². The van der Waals surface area contributed by atoms with E-state index in [1.165, 1.54) is 12.2 Å². The van der Waals surface area contributed by atoms with E-state index in [1.807, 2.05) is 0 Å². The molecule has 0 heterocycles. The molecule has 1 rings (SSSR count). The van der Waals surface area contributed by atoms with Crippen molar-refractivity contribution in [3.8, 4) is 0 Å². The Morgan fingerprint density at radius 2 is 1.86 bits per heavy atom. The lowest BCUT2D eigenvalue weighted by molar-refractivity contribution is -0.139. The summed E-state index contributed by atoms with van der Waals surface area (Å²) in [6.45, 7) is 5.13. The maximum absolute atomic E-state index is 11.2. The summed E-state index contributed by atoms with van der Waals surface area (Å²) in [6, 6.07) is 0. The summed E-state index contributed by atoms with van der Waals surface area (Å²) in [5.74, 6) is -1.11. The average Bonchev–Trinajstić information content (AvgIpc) is 2.63. The quantitative estimate of drug-likeness (QED) is 0.648. The number of hydrogen-bond acceptors (Lipinski definition) is 3. The molecule has 0 aromatic rings. The summed E-state index contributed by atoms with van der Waals surface area (Å²) >= 11 is 0. The van der Waals surface area contributed by atoms with Gasteiger partial charge in [-0.15, -0.1) is 0 Å². The monoisotopic (exact) mass is 199 g/mol. The van der Waals surface area contributed by atoms with E-state index >= 15 is 0 Å². The minimum Gasteiger partial charge on any atom is -0.479 e. The highest BCUT2D eigenvalue weighted by Gasteiger charge is 2.45. The van der Waals surface area contributed by atoms with Gasteiger partial charge in [0.1, 0.15) is 5.60 Å². The van der Waals surface area contributed by atoms with Gasteiger partial charge in [-0.1, -0.05) is 0 Å². The van der Waals surface area contributed by atoms with Crippen molar-refractivity contribution in [1.29, 1.82) is 0 Å². The Bertz CT molecular complexity index is 294. The number of amides is 1. The number of alkyl carbamates (subject to hydrolysis) is 1. The molecule has 5 nitrogen and oxygen atoms in total. The second kappa shape index (κ2) is 3.01. The molecule has 0 saturated carbocycles. The Kier molecular flexibility index (Phi) is 2.27. The lowest BCUT2D eigenvalue weighted by atomic mass is 10.2. The third-order valence-corrected chi connectivity index (χ3v) is 1.56. The molecular weight excluding hydrogens is 186 g/mol. The van der Waals surface area contributed by atoms with Gasteiger partial charge in [0, 0.05) is 0 Å². The lowest BCUT2D eigenvalue weighted by Gasteiger charge is -2.21. The van der Waals surface area contributed by atoms with Crippen molar-refractivity contribution in [2.75, 3.05) is 0 Å². The molecule has 0 bridgehead atoms. The fourth-order valence-corrected chi connectivity index (χ4v) is 0.835. The van der Waals surface area contributed by atoms with E-state index in [4.69, 9.17) is 9.84 Å². The lowest BCUT2D eigenvalue weighted by Crippen LogP contribution is -2.46. The number of hydrogen-bond donors (Lipinski definition) is 2. The van der Waals surface area contributed by atoms with Crippen molar-refractivity contribution < 1.29 is 19.4 Å². The van der Waals surface area contributed by atoms with Crippen LogP contribution in [0.1, 0.15) is 20.8 Å². The Labute approximate surface area is 81.7 Å². The summed E-state index contributed by atoms with van der Waals surface area (Å²) in [7, 11) is 0. The van der Waals surface area contributed by atoms with Crippen LogP contribution in [0.3, 0.4) is 0 Å². The van der Waals surface area contributed by atoms with Crippen LogP contribution in [0, 0.1) is 0 Å². The van der Waals surface area contributed by atoms with Crippen LogP contribution in [0.5, 0.6) is 0 Å². The number of carbonyl (C=O) groups excluding carboxylic acids is 1. The van der Waals surface area contributed by atoms with Crippen LogP contribution in [0.25, 0.3) is 0 Å². The third kappa shape index (κ3) is 2.48. The normalized spacial score (nSPS) is 17.4. The van der Waals surface area contributed by atoms with E-state index in [-0.39, 0.29) is 0 Å². The standard InChI is InChI=1S/C9H13NO4/c1-8(2,3)14-7(13)10-9(4-5-9)6(11)12/h4-5H,1-3H3,(H,10,13)(H,11,12). The Morgan fingerprint density at radius 1 is 1.36 bits per heavy atom. The zero-order chi connectivity index (χ0) is 11.0. The average molecular weight is 199 g/mol. The predicted octanol–water partition coefficient (Wildman–Crippen LogP) is 0.904. The van der Waals surface area contributed by atoms with E-state index in [9.17, 15) is 9.59 Å². The van der Waals surface area contributed by atoms with Gasteiger partial charge in [0.2, 0.25) is 0 Å². The minimum absolute atomic E-state index is 0.626. The smallest absolute Gasteiger partial charge is 0.409 e. The van der Waals surface area contributed by atoms with Gasteiger partial charge in [-0.3, -0.25) is 5.32 Å². The Balaban J connectivity index is 2.46. The topological polar surface area (TPSA) is 75.6 Å². The highest BCUT2D eigenvalue weighted by Crippen LogP contribution is 2.23. The first kappa shape index (κ1) is 10.6. The van der Waals surface area contributed by atoms with Crippen LogP contribution >= 0.6 is 0 Å². The zero-order valence-electron chi connectivity index (χ0n) is 8.33. The second-order valence-corrected chi connectivity index (χ2v) is 4.13. The van der Waals surface area contributed by atoms with Crippen molar-refractivity contribution in [3.05, 3.63) is 12.2 Å². The minimum atomic E-state index is -1.32. The molecule has 1 aliphatic carbocycles. The van der Waals surface area contributed by atoms with E-state index in [2.05, 4.69) is 5.32 Å². The van der Waals surface area contributed by atoms with E-state index in [0.29, 0.717) is 0 Å². The SMILES string of the molecule is CC(C)(C)OC(=O)NC1(C(=O)O)C=C1. The van der Waals surface area contributed by atoms with Gasteiger partial charge in [0.25, 0.3) is 0 Å². The fraction of sp³-hybridized carbons (Fsp3) is 0.556.